The average molecular weight is 394 g/mol. The highest BCUT2D eigenvalue weighted by Crippen LogP contribution is 2.37. The van der Waals surface area contributed by atoms with Gasteiger partial charge in [0.15, 0.2) is 5.17 Å². The number of thioether (sulfide) groups is 1. The molecule has 1 aliphatic heterocycles. The third kappa shape index (κ3) is 4.02. The van der Waals surface area contributed by atoms with E-state index in [0.717, 1.165) is 28.1 Å². The minimum atomic E-state index is -0.566. The van der Waals surface area contributed by atoms with Gasteiger partial charge in [0, 0.05) is 6.08 Å². The van der Waals surface area contributed by atoms with E-state index in [4.69, 9.17) is 4.99 Å². The predicted molar refractivity (Wildman–Crippen MR) is 114 cm³/mol. The molecular weight excluding hydrogens is 372 g/mol. The third-order valence-corrected chi connectivity index (χ3v) is 5.69. The van der Waals surface area contributed by atoms with E-state index in [1.165, 1.54) is 30.5 Å². The van der Waals surface area contributed by atoms with Gasteiger partial charge in [-0.25, -0.2) is 9.79 Å². The third-order valence-electron chi connectivity index (χ3n) is 4.72. The number of nitrogens with zero attached hydrogens (tertiary/aromatic N) is 2. The molecule has 0 atom stereocenters. The van der Waals surface area contributed by atoms with Crippen molar-refractivity contribution in [2.24, 2.45) is 4.99 Å². The van der Waals surface area contributed by atoms with Crippen molar-refractivity contribution in [3.63, 3.8) is 0 Å². The van der Waals surface area contributed by atoms with Crippen LogP contribution in [0.4, 0.5) is 11.4 Å². The number of amidine groups is 1. The van der Waals surface area contributed by atoms with Crippen LogP contribution >= 0.6 is 11.8 Å². The van der Waals surface area contributed by atoms with Crippen molar-refractivity contribution in [3.8, 4) is 0 Å². The number of methoxy groups -OCH3 is 1. The molecule has 0 radical (unpaired) electrons. The van der Waals surface area contributed by atoms with Crippen LogP contribution < -0.4 is 4.90 Å². The van der Waals surface area contributed by atoms with Crippen LogP contribution in [0.25, 0.3) is 0 Å². The Morgan fingerprint density at radius 2 is 1.64 bits per heavy atom. The molecule has 1 heterocycles. The number of aliphatic imine (C=N–C) groups is 1. The second-order valence-electron chi connectivity index (χ2n) is 6.71. The number of anilines is 1. The van der Waals surface area contributed by atoms with Crippen LogP contribution in [0.5, 0.6) is 0 Å². The molecule has 144 valence electrons. The number of benzene rings is 2. The molecular formula is C22H22N2O3S. The first-order valence-electron chi connectivity index (χ1n) is 8.85. The summed E-state index contributed by atoms with van der Waals surface area (Å²) >= 11 is 1.17. The lowest BCUT2D eigenvalue weighted by atomic mass is 10.1. The first-order valence-corrected chi connectivity index (χ1v) is 9.67. The molecule has 0 aliphatic carbocycles. The van der Waals surface area contributed by atoms with E-state index in [0.29, 0.717) is 5.17 Å². The number of ether oxygens (including phenoxy) is 1. The highest BCUT2D eigenvalue weighted by Gasteiger charge is 2.35. The minimum Gasteiger partial charge on any atom is -0.466 e. The second kappa shape index (κ2) is 8.02. The maximum Gasteiger partial charge on any atom is 0.331 e. The lowest BCUT2D eigenvalue weighted by Crippen LogP contribution is -2.29. The predicted octanol–water partition coefficient (Wildman–Crippen LogP) is 4.74. The standard InChI is InChI=1S/C22H22N2O3S/c1-13-6-8-17(10-15(13)3)23-22-24(18-9-7-14(2)16(4)11-18)21(26)19(28-22)12-20(25)27-5/h6-12H,1-5H3. The van der Waals surface area contributed by atoms with Gasteiger partial charge in [0.25, 0.3) is 5.91 Å². The normalized spacial score (nSPS) is 16.9. The Morgan fingerprint density at radius 1 is 1.00 bits per heavy atom. The molecule has 3 rings (SSSR count). The summed E-state index contributed by atoms with van der Waals surface area (Å²) in [5.41, 5.74) is 5.99. The monoisotopic (exact) mass is 394 g/mol. The van der Waals surface area contributed by atoms with Gasteiger partial charge in [0.1, 0.15) is 0 Å². The topological polar surface area (TPSA) is 59.0 Å². The van der Waals surface area contributed by atoms with Crippen LogP contribution in [-0.2, 0) is 14.3 Å². The Labute approximate surface area is 169 Å². The lowest BCUT2D eigenvalue weighted by molar-refractivity contribution is -0.135. The molecule has 2 aromatic rings. The van der Waals surface area contributed by atoms with E-state index in [1.807, 2.05) is 64.1 Å². The van der Waals surface area contributed by atoms with Crippen molar-refractivity contribution in [3.05, 3.63) is 69.6 Å². The van der Waals surface area contributed by atoms with Gasteiger partial charge in [-0.15, -0.1) is 0 Å². The second-order valence-corrected chi connectivity index (χ2v) is 7.71. The van der Waals surface area contributed by atoms with E-state index in [-0.39, 0.29) is 10.8 Å². The van der Waals surface area contributed by atoms with Crippen molar-refractivity contribution in [2.45, 2.75) is 27.7 Å². The summed E-state index contributed by atoms with van der Waals surface area (Å²) in [6.07, 6.45) is 1.21. The minimum absolute atomic E-state index is 0.285. The van der Waals surface area contributed by atoms with Crippen molar-refractivity contribution in [1.82, 2.24) is 0 Å². The number of aryl methyl sites for hydroxylation is 4. The molecule has 1 amide bonds. The molecule has 5 nitrogen and oxygen atoms in total. The SMILES string of the molecule is COC(=O)C=C1SC(=Nc2ccc(C)c(C)c2)N(c2ccc(C)c(C)c2)C1=O. The Kier molecular flexibility index (Phi) is 5.70. The molecule has 6 heteroatoms. The van der Waals surface area contributed by atoms with E-state index < -0.39 is 5.97 Å². The van der Waals surface area contributed by atoms with Crippen LogP contribution in [0.1, 0.15) is 22.3 Å². The summed E-state index contributed by atoms with van der Waals surface area (Å²) in [4.78, 5) is 31.2. The molecule has 1 saturated heterocycles. The van der Waals surface area contributed by atoms with Gasteiger partial charge in [-0.1, -0.05) is 12.1 Å². The van der Waals surface area contributed by atoms with Crippen LogP contribution in [0.15, 0.2) is 52.4 Å². The number of rotatable bonds is 3. The Bertz CT molecular complexity index is 1020. The van der Waals surface area contributed by atoms with Gasteiger partial charge in [-0.3, -0.25) is 9.69 Å². The van der Waals surface area contributed by atoms with Gasteiger partial charge in [0.2, 0.25) is 0 Å². The van der Waals surface area contributed by atoms with Crippen molar-refractivity contribution in [1.29, 1.82) is 0 Å². The van der Waals surface area contributed by atoms with E-state index in [1.54, 1.807) is 4.90 Å². The van der Waals surface area contributed by atoms with Gasteiger partial charge in [-0.05, 0) is 86.0 Å². The number of esters is 1. The lowest BCUT2D eigenvalue weighted by Gasteiger charge is -2.17. The van der Waals surface area contributed by atoms with Crippen LogP contribution in [0, 0.1) is 27.7 Å². The molecule has 1 fully saturated rings. The Balaban J connectivity index is 2.10. The van der Waals surface area contributed by atoms with Crippen molar-refractivity contribution in [2.75, 3.05) is 12.0 Å². The zero-order valence-electron chi connectivity index (χ0n) is 16.6. The molecule has 0 bridgehead atoms. The van der Waals surface area contributed by atoms with Crippen LogP contribution in [0.3, 0.4) is 0 Å². The zero-order chi connectivity index (χ0) is 20.4. The molecule has 0 unspecified atom stereocenters. The fraction of sp³-hybridized carbons (Fsp3) is 0.227. The quantitative estimate of drug-likeness (QED) is 0.557. The van der Waals surface area contributed by atoms with E-state index in [9.17, 15) is 9.59 Å². The number of hydrogen-bond donors (Lipinski definition) is 0. The van der Waals surface area contributed by atoms with Crippen molar-refractivity contribution >= 4 is 40.2 Å². The Morgan fingerprint density at radius 3 is 2.25 bits per heavy atom. The molecule has 2 aromatic carbocycles. The average Bonchev–Trinajstić information content (AvgIpc) is 2.95. The maximum absolute atomic E-state index is 13.0. The Hall–Kier alpha value is -2.86. The summed E-state index contributed by atoms with van der Waals surface area (Å²) in [6.45, 7) is 8.08. The summed E-state index contributed by atoms with van der Waals surface area (Å²) < 4.78 is 4.68. The highest BCUT2D eigenvalue weighted by molar-refractivity contribution is 8.19. The zero-order valence-corrected chi connectivity index (χ0v) is 17.4. The van der Waals surface area contributed by atoms with Gasteiger partial charge < -0.3 is 4.74 Å². The number of carbonyl (C=O) groups excluding carboxylic acids is 2. The fourth-order valence-electron chi connectivity index (χ4n) is 2.71. The van der Waals surface area contributed by atoms with E-state index >= 15 is 0 Å². The fourth-order valence-corrected chi connectivity index (χ4v) is 3.67. The van der Waals surface area contributed by atoms with Gasteiger partial charge >= 0.3 is 5.97 Å². The molecule has 0 spiro atoms. The first-order chi connectivity index (χ1) is 13.3. The van der Waals surface area contributed by atoms with E-state index in [2.05, 4.69) is 4.74 Å². The summed E-state index contributed by atoms with van der Waals surface area (Å²) in [6, 6.07) is 11.7. The first kappa shape index (κ1) is 19.9. The van der Waals surface area contributed by atoms with Crippen LogP contribution in [-0.4, -0.2) is 24.2 Å². The molecule has 0 N–H and O–H groups in total. The smallest absolute Gasteiger partial charge is 0.331 e. The van der Waals surface area contributed by atoms with Gasteiger partial charge in [-0.2, -0.15) is 0 Å². The summed E-state index contributed by atoms with van der Waals surface area (Å²) in [5, 5.41) is 0.506. The maximum atomic E-state index is 13.0. The largest absolute Gasteiger partial charge is 0.466 e. The highest BCUT2D eigenvalue weighted by atomic mass is 32.2. The molecule has 0 aromatic heterocycles. The molecule has 28 heavy (non-hydrogen) atoms. The molecule has 0 saturated carbocycles. The summed E-state index contributed by atoms with van der Waals surface area (Å²) in [7, 11) is 1.29. The molecule has 1 aliphatic rings. The number of carbonyl (C=O) groups is 2. The van der Waals surface area contributed by atoms with Gasteiger partial charge in [0.05, 0.1) is 23.4 Å². The summed E-state index contributed by atoms with van der Waals surface area (Å²) in [5.74, 6) is -0.857. The van der Waals surface area contributed by atoms with Crippen LogP contribution in [0.2, 0.25) is 0 Å². The number of amides is 1. The van der Waals surface area contributed by atoms with Crippen molar-refractivity contribution < 1.29 is 14.3 Å². The number of hydrogen-bond acceptors (Lipinski definition) is 5.